The normalized spacial score (nSPS) is 13.5. The molecule has 1 aromatic carbocycles. The predicted octanol–water partition coefficient (Wildman–Crippen LogP) is 3.42. The fraction of sp³-hybridized carbons (Fsp3) is 0.350. The highest BCUT2D eigenvalue weighted by Gasteiger charge is 2.15. The third-order valence-electron chi connectivity index (χ3n) is 4.42. The van der Waals surface area contributed by atoms with Crippen molar-refractivity contribution in [3.8, 4) is 11.5 Å². The maximum Gasteiger partial charge on any atom is 0.191 e. The Morgan fingerprint density at radius 2 is 2.07 bits per heavy atom. The van der Waals surface area contributed by atoms with Gasteiger partial charge in [0, 0.05) is 19.2 Å². The molecule has 160 valence electrons. The van der Waals surface area contributed by atoms with Crippen LogP contribution in [0.25, 0.3) is 5.65 Å². The van der Waals surface area contributed by atoms with Crippen LogP contribution in [0.1, 0.15) is 24.7 Å². The minimum atomic E-state index is 0. The van der Waals surface area contributed by atoms with Gasteiger partial charge in [0.2, 0.25) is 0 Å². The molecule has 0 aliphatic carbocycles. The van der Waals surface area contributed by atoms with Crippen LogP contribution in [0, 0.1) is 0 Å². The zero-order chi connectivity index (χ0) is 20.1. The molecule has 0 bridgehead atoms. The van der Waals surface area contributed by atoms with Crippen LogP contribution >= 0.6 is 35.6 Å². The van der Waals surface area contributed by atoms with Gasteiger partial charge in [-0.1, -0.05) is 17.7 Å². The van der Waals surface area contributed by atoms with E-state index in [1.807, 2.05) is 47.9 Å². The summed E-state index contributed by atoms with van der Waals surface area (Å²) in [6.07, 6.45) is 2.78. The number of halogens is 2. The van der Waals surface area contributed by atoms with Crippen molar-refractivity contribution in [3.63, 3.8) is 0 Å². The first kappa shape index (κ1) is 22.4. The Morgan fingerprint density at radius 3 is 2.93 bits per heavy atom. The van der Waals surface area contributed by atoms with E-state index in [1.165, 1.54) is 0 Å². The molecule has 30 heavy (non-hydrogen) atoms. The second kappa shape index (κ2) is 10.7. The lowest BCUT2D eigenvalue weighted by Crippen LogP contribution is -2.37. The minimum absolute atomic E-state index is 0. The number of fused-ring (bicyclic) bond motifs is 2. The Bertz CT molecular complexity index is 1030. The maximum atomic E-state index is 6.38. The first-order valence-corrected chi connectivity index (χ1v) is 10.0. The highest BCUT2D eigenvalue weighted by molar-refractivity contribution is 14.0. The monoisotopic (exact) mass is 542 g/mol. The molecule has 3 heterocycles. The second-order valence-corrected chi connectivity index (χ2v) is 6.96. The number of hydrogen-bond acceptors (Lipinski definition) is 5. The Hall–Kier alpha value is -2.27. The van der Waals surface area contributed by atoms with Gasteiger partial charge in [-0.25, -0.2) is 4.99 Å². The van der Waals surface area contributed by atoms with Crippen LogP contribution in [-0.2, 0) is 13.1 Å². The maximum absolute atomic E-state index is 6.38. The Balaban J connectivity index is 0.00000256. The van der Waals surface area contributed by atoms with Crippen molar-refractivity contribution in [3.05, 3.63) is 52.9 Å². The number of aliphatic imine (C=N–C) groups is 1. The van der Waals surface area contributed by atoms with Crippen LogP contribution in [0.4, 0.5) is 0 Å². The summed E-state index contributed by atoms with van der Waals surface area (Å²) in [5.74, 6) is 2.78. The van der Waals surface area contributed by atoms with Crippen LogP contribution in [-0.4, -0.2) is 40.3 Å². The zero-order valence-electron chi connectivity index (χ0n) is 16.6. The SMILES string of the molecule is CCNC(=NCc1cc(Cl)c2c(c1)OCCCO2)NCc1nnc2ccccn12.I. The van der Waals surface area contributed by atoms with Gasteiger partial charge in [-0.15, -0.1) is 34.2 Å². The Morgan fingerprint density at radius 1 is 1.20 bits per heavy atom. The number of pyridine rings is 1. The molecule has 0 saturated carbocycles. The number of aromatic nitrogens is 3. The number of rotatable bonds is 5. The van der Waals surface area contributed by atoms with Crippen molar-refractivity contribution in [2.75, 3.05) is 19.8 Å². The number of ether oxygens (including phenoxy) is 2. The number of nitrogens with one attached hydrogen (secondary N) is 2. The van der Waals surface area contributed by atoms with E-state index in [4.69, 9.17) is 21.1 Å². The van der Waals surface area contributed by atoms with E-state index in [0.717, 1.165) is 30.0 Å². The van der Waals surface area contributed by atoms with E-state index in [2.05, 4.69) is 25.8 Å². The summed E-state index contributed by atoms with van der Waals surface area (Å²) in [7, 11) is 0. The summed E-state index contributed by atoms with van der Waals surface area (Å²) in [5, 5.41) is 15.5. The largest absolute Gasteiger partial charge is 0.489 e. The molecule has 8 nitrogen and oxygen atoms in total. The molecule has 0 unspecified atom stereocenters. The molecule has 0 atom stereocenters. The van der Waals surface area contributed by atoms with Crippen molar-refractivity contribution in [1.82, 2.24) is 25.2 Å². The summed E-state index contributed by atoms with van der Waals surface area (Å²) in [6.45, 7) is 4.94. The number of hydrogen-bond donors (Lipinski definition) is 2. The number of nitrogens with zero attached hydrogens (tertiary/aromatic N) is 4. The summed E-state index contributed by atoms with van der Waals surface area (Å²) in [6, 6.07) is 9.61. The van der Waals surface area contributed by atoms with Gasteiger partial charge in [-0.2, -0.15) is 0 Å². The van der Waals surface area contributed by atoms with Gasteiger partial charge < -0.3 is 20.1 Å². The molecular weight excluding hydrogens is 519 g/mol. The summed E-state index contributed by atoms with van der Waals surface area (Å²) in [5.41, 5.74) is 1.76. The van der Waals surface area contributed by atoms with Gasteiger partial charge in [0.05, 0.1) is 31.3 Å². The number of benzene rings is 1. The molecule has 2 N–H and O–H groups in total. The van der Waals surface area contributed by atoms with Gasteiger partial charge in [-0.05, 0) is 36.8 Å². The van der Waals surface area contributed by atoms with Gasteiger partial charge in [0.15, 0.2) is 28.9 Å². The smallest absolute Gasteiger partial charge is 0.191 e. The predicted molar refractivity (Wildman–Crippen MR) is 127 cm³/mol. The van der Waals surface area contributed by atoms with E-state index in [-0.39, 0.29) is 24.0 Å². The van der Waals surface area contributed by atoms with Crippen LogP contribution in [0.3, 0.4) is 0 Å². The Kier molecular flexibility index (Phi) is 7.97. The molecule has 0 amide bonds. The summed E-state index contributed by atoms with van der Waals surface area (Å²) < 4.78 is 13.4. The highest BCUT2D eigenvalue weighted by Crippen LogP contribution is 2.38. The lowest BCUT2D eigenvalue weighted by atomic mass is 10.2. The lowest BCUT2D eigenvalue weighted by Gasteiger charge is -2.12. The third kappa shape index (κ3) is 5.25. The molecule has 1 aliphatic rings. The van der Waals surface area contributed by atoms with Gasteiger partial charge in [-0.3, -0.25) is 4.40 Å². The fourth-order valence-corrected chi connectivity index (χ4v) is 3.35. The third-order valence-corrected chi connectivity index (χ3v) is 4.70. The second-order valence-electron chi connectivity index (χ2n) is 6.55. The van der Waals surface area contributed by atoms with Crippen molar-refractivity contribution in [2.45, 2.75) is 26.4 Å². The molecule has 3 aromatic rings. The topological polar surface area (TPSA) is 85.1 Å². The van der Waals surface area contributed by atoms with Crippen molar-refractivity contribution in [1.29, 1.82) is 0 Å². The van der Waals surface area contributed by atoms with E-state index in [9.17, 15) is 0 Å². The Labute approximate surface area is 197 Å². The van der Waals surface area contributed by atoms with Crippen molar-refractivity contribution >= 4 is 47.2 Å². The van der Waals surface area contributed by atoms with Crippen LogP contribution < -0.4 is 20.1 Å². The highest BCUT2D eigenvalue weighted by atomic mass is 127. The number of guanidine groups is 1. The van der Waals surface area contributed by atoms with E-state index < -0.39 is 0 Å². The molecule has 2 aromatic heterocycles. The summed E-state index contributed by atoms with van der Waals surface area (Å²) >= 11 is 6.38. The fourth-order valence-electron chi connectivity index (χ4n) is 3.06. The minimum Gasteiger partial charge on any atom is -0.489 e. The zero-order valence-corrected chi connectivity index (χ0v) is 19.7. The quantitative estimate of drug-likeness (QED) is 0.292. The van der Waals surface area contributed by atoms with Crippen molar-refractivity contribution in [2.24, 2.45) is 4.99 Å². The molecule has 10 heteroatoms. The first-order chi connectivity index (χ1) is 14.2. The van der Waals surface area contributed by atoms with E-state index in [1.54, 1.807) is 0 Å². The van der Waals surface area contributed by atoms with E-state index >= 15 is 0 Å². The van der Waals surface area contributed by atoms with E-state index in [0.29, 0.717) is 48.8 Å². The molecule has 4 rings (SSSR count). The average Bonchev–Trinajstić information content (AvgIpc) is 2.98. The first-order valence-electron chi connectivity index (χ1n) is 9.63. The lowest BCUT2D eigenvalue weighted by molar-refractivity contribution is 0.297. The van der Waals surface area contributed by atoms with Gasteiger partial charge in [0.1, 0.15) is 0 Å². The van der Waals surface area contributed by atoms with Gasteiger partial charge in [0.25, 0.3) is 0 Å². The average molecular weight is 543 g/mol. The molecule has 0 fully saturated rings. The molecule has 0 saturated heterocycles. The van der Waals surface area contributed by atoms with Crippen molar-refractivity contribution < 1.29 is 9.47 Å². The van der Waals surface area contributed by atoms with Gasteiger partial charge >= 0.3 is 0 Å². The van der Waals surface area contributed by atoms with Crippen LogP contribution in [0.2, 0.25) is 5.02 Å². The van der Waals surface area contributed by atoms with Crippen LogP contribution in [0.5, 0.6) is 11.5 Å². The summed E-state index contributed by atoms with van der Waals surface area (Å²) in [4.78, 5) is 4.66. The molecule has 1 aliphatic heterocycles. The molecule has 0 spiro atoms. The molecular formula is C20H24ClIN6O2. The molecule has 0 radical (unpaired) electrons. The van der Waals surface area contributed by atoms with Crippen LogP contribution in [0.15, 0.2) is 41.5 Å². The standard InChI is InChI=1S/C20H23ClN6O2.HI/c1-2-22-20(24-13-18-26-25-17-6-3-4-7-27(17)18)23-12-14-10-15(21)19-16(11-14)28-8-5-9-29-19;/h3-4,6-7,10-11H,2,5,8-9,12-13H2,1H3,(H2,22,23,24);1H.